The summed E-state index contributed by atoms with van der Waals surface area (Å²) in [6, 6.07) is 7.50. The summed E-state index contributed by atoms with van der Waals surface area (Å²) in [5, 5.41) is 0.704. The first-order chi connectivity index (χ1) is 6.11. The van der Waals surface area contributed by atoms with E-state index in [-0.39, 0.29) is 5.16 Å². The number of benzene rings is 1. The number of halogens is 2. The van der Waals surface area contributed by atoms with Crippen molar-refractivity contribution in [2.75, 3.05) is 0 Å². The lowest BCUT2D eigenvalue weighted by Gasteiger charge is -2.02. The zero-order valence-electron chi connectivity index (χ0n) is 6.93. The molecule has 2 N–H and O–H groups in total. The van der Waals surface area contributed by atoms with Crippen LogP contribution in [0.4, 0.5) is 0 Å². The fourth-order valence-electron chi connectivity index (χ4n) is 1.02. The van der Waals surface area contributed by atoms with E-state index in [9.17, 15) is 0 Å². The van der Waals surface area contributed by atoms with Gasteiger partial charge in [0.15, 0.2) is 0 Å². The molecule has 3 heteroatoms. The average Bonchev–Trinajstić information content (AvgIpc) is 2.03. The third-order valence-electron chi connectivity index (χ3n) is 1.55. The highest BCUT2D eigenvalue weighted by molar-refractivity contribution is 6.48. The summed E-state index contributed by atoms with van der Waals surface area (Å²) >= 11 is 11.3. The lowest BCUT2D eigenvalue weighted by atomic mass is 10.1. The van der Waals surface area contributed by atoms with Gasteiger partial charge in [-0.3, -0.25) is 0 Å². The highest BCUT2D eigenvalue weighted by Crippen LogP contribution is 2.22. The average molecular weight is 214 g/mol. The minimum atomic E-state index is 0.227. The zero-order valence-corrected chi connectivity index (χ0v) is 8.44. The molecule has 1 rings (SSSR count). The maximum absolute atomic E-state index is 5.78. The van der Waals surface area contributed by atoms with Gasteiger partial charge in [0.1, 0.15) is 0 Å². The minimum absolute atomic E-state index is 0.227. The number of hydrogen-bond donors (Lipinski definition) is 1. The van der Waals surface area contributed by atoms with Gasteiger partial charge in [-0.25, -0.2) is 0 Å². The van der Waals surface area contributed by atoms with Gasteiger partial charge in [0.25, 0.3) is 0 Å². The monoisotopic (exact) mass is 213 g/mol. The fraction of sp³-hybridized carbons (Fsp3) is 0. The molecule has 0 heterocycles. The molecule has 0 atom stereocenters. The van der Waals surface area contributed by atoms with Crippen molar-refractivity contribution < 1.29 is 0 Å². The van der Waals surface area contributed by atoms with Crippen LogP contribution in [0.15, 0.2) is 36.0 Å². The minimum Gasteiger partial charge on any atom is -0.389 e. The molecule has 1 nitrogen and oxygen atoms in total. The van der Waals surface area contributed by atoms with Crippen LogP contribution in [-0.4, -0.2) is 0 Å². The second-order valence-electron chi connectivity index (χ2n) is 2.52. The van der Waals surface area contributed by atoms with Gasteiger partial charge >= 0.3 is 0 Å². The zero-order chi connectivity index (χ0) is 9.84. The molecule has 0 fully saturated rings. The maximum atomic E-state index is 5.78. The topological polar surface area (TPSA) is 26.0 Å². The van der Waals surface area contributed by atoms with Crippen LogP contribution in [0.2, 0.25) is 0 Å². The van der Waals surface area contributed by atoms with E-state index >= 15 is 0 Å². The molecular weight excluding hydrogens is 205 g/mol. The quantitative estimate of drug-likeness (QED) is 0.750. The number of hydrogen-bond acceptors (Lipinski definition) is 1. The van der Waals surface area contributed by atoms with Gasteiger partial charge in [-0.05, 0) is 17.2 Å². The first-order valence-corrected chi connectivity index (χ1v) is 4.43. The molecule has 0 unspecified atom stereocenters. The van der Waals surface area contributed by atoms with Crippen LogP contribution in [0, 0.1) is 0 Å². The SMILES string of the molecule is C=C(Cl)c1ccccc1/C=C(\N)Cl. The van der Waals surface area contributed by atoms with E-state index in [1.54, 1.807) is 6.08 Å². The molecule has 0 saturated heterocycles. The summed E-state index contributed by atoms with van der Waals surface area (Å²) in [5.74, 6) is 0. The molecule has 0 amide bonds. The Kier molecular flexibility index (Phi) is 3.40. The highest BCUT2D eigenvalue weighted by Gasteiger charge is 2.00. The molecular formula is C10H9Cl2N. The van der Waals surface area contributed by atoms with Crippen LogP contribution in [0.5, 0.6) is 0 Å². The predicted octanol–water partition coefficient (Wildman–Crippen LogP) is 3.39. The molecule has 0 aromatic heterocycles. The molecule has 1 aromatic carbocycles. The van der Waals surface area contributed by atoms with E-state index in [0.29, 0.717) is 5.03 Å². The largest absolute Gasteiger partial charge is 0.389 e. The standard InChI is InChI=1S/C10H9Cl2N/c1-7(11)9-5-3-2-4-8(9)6-10(12)13/h2-6H,1,13H2/b10-6-. The summed E-state index contributed by atoms with van der Waals surface area (Å²) in [7, 11) is 0. The van der Waals surface area contributed by atoms with Crippen LogP contribution in [-0.2, 0) is 0 Å². The third-order valence-corrected chi connectivity index (χ3v) is 1.86. The molecule has 0 saturated carbocycles. The predicted molar refractivity (Wildman–Crippen MR) is 59.3 cm³/mol. The lowest BCUT2D eigenvalue weighted by molar-refractivity contribution is 1.54. The van der Waals surface area contributed by atoms with Gasteiger partial charge in [0.05, 0.1) is 5.16 Å². The van der Waals surface area contributed by atoms with Gasteiger partial charge in [-0.15, -0.1) is 0 Å². The number of nitrogens with two attached hydrogens (primary N) is 1. The first-order valence-electron chi connectivity index (χ1n) is 3.67. The Morgan fingerprint density at radius 1 is 1.31 bits per heavy atom. The van der Waals surface area contributed by atoms with Gasteiger partial charge in [-0.1, -0.05) is 54.0 Å². The maximum Gasteiger partial charge on any atom is 0.0998 e. The van der Waals surface area contributed by atoms with E-state index in [2.05, 4.69) is 6.58 Å². The molecule has 0 bridgehead atoms. The van der Waals surface area contributed by atoms with E-state index < -0.39 is 0 Å². The molecule has 0 spiro atoms. The smallest absolute Gasteiger partial charge is 0.0998 e. The lowest BCUT2D eigenvalue weighted by Crippen LogP contribution is -1.89. The first kappa shape index (κ1) is 10.2. The summed E-state index contributed by atoms with van der Waals surface area (Å²) in [4.78, 5) is 0. The van der Waals surface area contributed by atoms with E-state index in [1.165, 1.54) is 0 Å². The Labute approximate surface area is 87.5 Å². The highest BCUT2D eigenvalue weighted by atomic mass is 35.5. The molecule has 0 aliphatic rings. The van der Waals surface area contributed by atoms with Crippen LogP contribution < -0.4 is 5.73 Å². The Morgan fingerprint density at radius 2 is 1.92 bits per heavy atom. The van der Waals surface area contributed by atoms with Crippen molar-refractivity contribution in [3.05, 3.63) is 47.1 Å². The Morgan fingerprint density at radius 3 is 2.46 bits per heavy atom. The van der Waals surface area contributed by atoms with Gasteiger partial charge in [0.2, 0.25) is 0 Å². The Hall–Kier alpha value is -0.920. The van der Waals surface area contributed by atoms with Crippen molar-refractivity contribution in [3.8, 4) is 0 Å². The van der Waals surface area contributed by atoms with Crippen molar-refractivity contribution in [2.45, 2.75) is 0 Å². The van der Waals surface area contributed by atoms with Crippen LogP contribution in [0.25, 0.3) is 11.1 Å². The van der Waals surface area contributed by atoms with Crippen LogP contribution >= 0.6 is 23.2 Å². The van der Waals surface area contributed by atoms with Gasteiger partial charge in [-0.2, -0.15) is 0 Å². The van der Waals surface area contributed by atoms with E-state index in [4.69, 9.17) is 28.9 Å². The normalized spacial score (nSPS) is 11.4. The van der Waals surface area contributed by atoms with Crippen molar-refractivity contribution in [2.24, 2.45) is 5.73 Å². The summed E-state index contributed by atoms with van der Waals surface area (Å²) in [6.07, 6.45) is 1.64. The van der Waals surface area contributed by atoms with Crippen molar-refractivity contribution in [3.63, 3.8) is 0 Å². The molecule has 68 valence electrons. The van der Waals surface area contributed by atoms with Crippen LogP contribution in [0.1, 0.15) is 11.1 Å². The molecule has 0 aliphatic carbocycles. The molecule has 1 aromatic rings. The summed E-state index contributed by atoms with van der Waals surface area (Å²) < 4.78 is 0. The van der Waals surface area contributed by atoms with Crippen molar-refractivity contribution in [1.82, 2.24) is 0 Å². The number of rotatable bonds is 2. The Balaban J connectivity index is 3.20. The van der Waals surface area contributed by atoms with Crippen LogP contribution in [0.3, 0.4) is 0 Å². The fourth-order valence-corrected chi connectivity index (χ4v) is 1.31. The summed E-state index contributed by atoms with van der Waals surface area (Å²) in [5.41, 5.74) is 7.06. The van der Waals surface area contributed by atoms with Gasteiger partial charge in [0, 0.05) is 5.03 Å². The van der Waals surface area contributed by atoms with Gasteiger partial charge < -0.3 is 5.73 Å². The second kappa shape index (κ2) is 4.35. The van der Waals surface area contributed by atoms with E-state index in [1.807, 2.05) is 24.3 Å². The summed E-state index contributed by atoms with van der Waals surface area (Å²) in [6.45, 7) is 3.65. The van der Waals surface area contributed by atoms with E-state index in [0.717, 1.165) is 11.1 Å². The Bertz CT molecular complexity index is 352. The third kappa shape index (κ3) is 2.79. The van der Waals surface area contributed by atoms with Crippen molar-refractivity contribution >= 4 is 34.3 Å². The molecule has 0 radical (unpaired) electrons. The second-order valence-corrected chi connectivity index (χ2v) is 3.41. The van der Waals surface area contributed by atoms with Crippen molar-refractivity contribution in [1.29, 1.82) is 0 Å². The molecule has 0 aliphatic heterocycles. The molecule has 13 heavy (non-hydrogen) atoms.